The van der Waals surface area contributed by atoms with Gasteiger partial charge in [0.05, 0.1) is 0 Å². The summed E-state index contributed by atoms with van der Waals surface area (Å²) in [5, 5.41) is 9.35. The Kier molecular flexibility index (Phi) is 4.84. The Morgan fingerprint density at radius 2 is 1.81 bits per heavy atom. The van der Waals surface area contributed by atoms with Gasteiger partial charge in [0.25, 0.3) is 0 Å². The lowest BCUT2D eigenvalue weighted by Gasteiger charge is -2.27. The summed E-state index contributed by atoms with van der Waals surface area (Å²) in [6.45, 7) is 6.89. The van der Waals surface area contributed by atoms with Crippen molar-refractivity contribution < 1.29 is 19.4 Å². The van der Waals surface area contributed by atoms with E-state index in [0.29, 0.717) is 12.2 Å². The van der Waals surface area contributed by atoms with Crippen molar-refractivity contribution in [2.75, 3.05) is 0 Å². The fraction of sp³-hybridized carbons (Fsp3) is 0.333. The van der Waals surface area contributed by atoms with Crippen LogP contribution in [0.5, 0.6) is 5.75 Å². The van der Waals surface area contributed by atoms with Gasteiger partial charge in [-0.05, 0) is 50.5 Å². The van der Waals surface area contributed by atoms with Crippen LogP contribution in [0, 0.1) is 13.8 Å². The largest absolute Gasteiger partial charge is 0.478 e. The predicted molar refractivity (Wildman–Crippen MR) is 102 cm³/mol. The number of benzene rings is 2. The summed E-state index contributed by atoms with van der Waals surface area (Å²) < 4.78 is 5.77. The van der Waals surface area contributed by atoms with Crippen molar-refractivity contribution in [2.45, 2.75) is 49.9 Å². The highest BCUT2D eigenvalue weighted by atomic mass is 32.2. The molecule has 0 aromatic heterocycles. The summed E-state index contributed by atoms with van der Waals surface area (Å²) in [5.41, 5.74) is 2.31. The zero-order valence-corrected chi connectivity index (χ0v) is 16.1. The van der Waals surface area contributed by atoms with Gasteiger partial charge in [0.15, 0.2) is 11.4 Å². The number of carbonyl (C=O) groups is 2. The van der Waals surface area contributed by atoms with Gasteiger partial charge in [-0.25, -0.2) is 4.79 Å². The van der Waals surface area contributed by atoms with E-state index in [-0.39, 0.29) is 11.0 Å². The number of carboxylic acids is 1. The number of rotatable bonds is 4. The molecule has 5 heteroatoms. The number of hydrogen-bond acceptors (Lipinski definition) is 4. The number of carboxylic acid groups (broad SMARTS) is 1. The van der Waals surface area contributed by atoms with E-state index in [2.05, 4.69) is 0 Å². The smallest absolute Gasteiger partial charge is 0.347 e. The summed E-state index contributed by atoms with van der Waals surface area (Å²) in [6, 6.07) is 11.7. The summed E-state index contributed by atoms with van der Waals surface area (Å²) in [4.78, 5) is 24.8. The Hall–Kier alpha value is -2.27. The second-order valence-electron chi connectivity index (χ2n) is 7.13. The van der Waals surface area contributed by atoms with E-state index in [4.69, 9.17) is 4.74 Å². The van der Waals surface area contributed by atoms with Crippen molar-refractivity contribution in [2.24, 2.45) is 0 Å². The lowest BCUT2D eigenvalue weighted by molar-refractivity contribution is -0.152. The van der Waals surface area contributed by atoms with Crippen LogP contribution >= 0.6 is 11.8 Å². The number of Topliss-reactive ketones (excluding diaryl/α,β-unsaturated/α-hetero) is 1. The number of hydrogen-bond donors (Lipinski definition) is 1. The standard InChI is InChI=1S/C21H22O4S/c1-12-9-14(10-13(2)19(12)25-21(3,4)20(23)24)18-11-16(22)15-7-5-6-8-17(15)26-18/h5-10,18H,11H2,1-4H3,(H,23,24). The molecule has 1 heterocycles. The highest BCUT2D eigenvalue weighted by Gasteiger charge is 2.31. The Bertz CT molecular complexity index is 862. The van der Waals surface area contributed by atoms with Crippen LogP contribution in [-0.4, -0.2) is 22.5 Å². The summed E-state index contributed by atoms with van der Waals surface area (Å²) in [5.74, 6) is -0.258. The molecule has 1 atom stereocenters. The minimum absolute atomic E-state index is 0.0522. The molecule has 2 aromatic carbocycles. The number of thioether (sulfide) groups is 1. The second-order valence-corrected chi connectivity index (χ2v) is 8.38. The third kappa shape index (κ3) is 3.49. The molecule has 0 saturated carbocycles. The highest BCUT2D eigenvalue weighted by molar-refractivity contribution is 7.99. The first-order valence-corrected chi connectivity index (χ1v) is 9.39. The van der Waals surface area contributed by atoms with Crippen LogP contribution in [0.3, 0.4) is 0 Å². The van der Waals surface area contributed by atoms with E-state index < -0.39 is 11.6 Å². The Morgan fingerprint density at radius 3 is 2.42 bits per heavy atom. The third-order valence-corrected chi connectivity index (χ3v) is 5.89. The lowest BCUT2D eigenvalue weighted by atomic mass is 9.97. The molecular weight excluding hydrogens is 348 g/mol. The Balaban J connectivity index is 1.92. The topological polar surface area (TPSA) is 63.6 Å². The molecule has 2 aromatic rings. The molecule has 1 aliphatic rings. The van der Waals surface area contributed by atoms with E-state index in [1.54, 1.807) is 11.8 Å². The average Bonchev–Trinajstić information content (AvgIpc) is 2.58. The number of carbonyl (C=O) groups excluding carboxylic acids is 1. The Labute approximate surface area is 157 Å². The van der Waals surface area contributed by atoms with Gasteiger partial charge in [-0.3, -0.25) is 4.79 Å². The molecule has 0 radical (unpaired) electrons. The first-order valence-electron chi connectivity index (χ1n) is 8.51. The van der Waals surface area contributed by atoms with E-state index in [0.717, 1.165) is 27.1 Å². The van der Waals surface area contributed by atoms with Crippen molar-refractivity contribution in [3.05, 3.63) is 58.7 Å². The van der Waals surface area contributed by atoms with Crippen molar-refractivity contribution in [3.8, 4) is 5.75 Å². The first kappa shape index (κ1) is 18.5. The minimum Gasteiger partial charge on any atom is -0.478 e. The molecule has 1 aliphatic heterocycles. The fourth-order valence-corrected chi connectivity index (χ4v) is 4.37. The molecule has 1 N–H and O–H groups in total. The number of fused-ring (bicyclic) bond motifs is 1. The lowest BCUT2D eigenvalue weighted by Crippen LogP contribution is -2.38. The van der Waals surface area contributed by atoms with E-state index in [1.807, 2.05) is 50.2 Å². The molecule has 136 valence electrons. The zero-order valence-electron chi connectivity index (χ0n) is 15.3. The maximum Gasteiger partial charge on any atom is 0.347 e. The molecule has 1 unspecified atom stereocenters. The van der Waals surface area contributed by atoms with Crippen LogP contribution in [-0.2, 0) is 4.79 Å². The van der Waals surface area contributed by atoms with Gasteiger partial charge in [-0.1, -0.05) is 30.3 Å². The maximum absolute atomic E-state index is 12.5. The predicted octanol–water partition coefficient (Wildman–Crippen LogP) is 4.97. The fourth-order valence-electron chi connectivity index (χ4n) is 3.09. The number of aliphatic carboxylic acids is 1. The molecule has 4 nitrogen and oxygen atoms in total. The minimum atomic E-state index is -1.30. The summed E-state index contributed by atoms with van der Waals surface area (Å²) in [7, 11) is 0. The van der Waals surface area contributed by atoms with Gasteiger partial charge in [-0.2, -0.15) is 0 Å². The van der Waals surface area contributed by atoms with Crippen LogP contribution in [0.25, 0.3) is 0 Å². The Morgan fingerprint density at radius 1 is 1.19 bits per heavy atom. The number of aryl methyl sites for hydroxylation is 2. The van der Waals surface area contributed by atoms with Gasteiger partial charge >= 0.3 is 5.97 Å². The number of ether oxygens (including phenoxy) is 1. The first-order chi connectivity index (χ1) is 12.2. The van der Waals surface area contributed by atoms with Gasteiger partial charge in [0.1, 0.15) is 5.75 Å². The third-order valence-electron chi connectivity index (χ3n) is 4.55. The van der Waals surface area contributed by atoms with Crippen molar-refractivity contribution in [1.82, 2.24) is 0 Å². The molecule has 0 bridgehead atoms. The van der Waals surface area contributed by atoms with Crippen LogP contribution in [0.4, 0.5) is 0 Å². The molecule has 0 aliphatic carbocycles. The van der Waals surface area contributed by atoms with E-state index in [9.17, 15) is 14.7 Å². The molecule has 0 spiro atoms. The average molecular weight is 370 g/mol. The molecule has 26 heavy (non-hydrogen) atoms. The number of ketones is 1. The van der Waals surface area contributed by atoms with Crippen LogP contribution in [0.1, 0.15) is 52.6 Å². The monoisotopic (exact) mass is 370 g/mol. The van der Waals surface area contributed by atoms with Crippen molar-refractivity contribution in [1.29, 1.82) is 0 Å². The zero-order chi connectivity index (χ0) is 19.1. The van der Waals surface area contributed by atoms with Gasteiger partial charge < -0.3 is 9.84 Å². The summed E-state index contributed by atoms with van der Waals surface area (Å²) in [6.07, 6.45) is 0.460. The molecule has 3 rings (SSSR count). The van der Waals surface area contributed by atoms with Gasteiger partial charge in [0.2, 0.25) is 0 Å². The highest BCUT2D eigenvalue weighted by Crippen LogP contribution is 2.45. The second kappa shape index (κ2) is 6.80. The molecule has 0 fully saturated rings. The SMILES string of the molecule is Cc1cc(C2CC(=O)c3ccccc3S2)cc(C)c1OC(C)(C)C(=O)O. The van der Waals surface area contributed by atoms with Gasteiger partial charge in [-0.15, -0.1) is 11.8 Å². The van der Waals surface area contributed by atoms with Crippen LogP contribution < -0.4 is 4.74 Å². The van der Waals surface area contributed by atoms with E-state index in [1.165, 1.54) is 13.8 Å². The van der Waals surface area contributed by atoms with Gasteiger partial charge in [0, 0.05) is 22.1 Å². The van der Waals surface area contributed by atoms with E-state index >= 15 is 0 Å². The quantitative estimate of drug-likeness (QED) is 0.824. The van der Waals surface area contributed by atoms with Crippen molar-refractivity contribution >= 4 is 23.5 Å². The molecule has 0 saturated heterocycles. The molecular formula is C21H22O4S. The normalized spacial score (nSPS) is 16.9. The van der Waals surface area contributed by atoms with Crippen LogP contribution in [0.2, 0.25) is 0 Å². The summed E-state index contributed by atoms with van der Waals surface area (Å²) >= 11 is 1.70. The molecule has 0 amide bonds. The van der Waals surface area contributed by atoms with Crippen molar-refractivity contribution in [3.63, 3.8) is 0 Å². The van der Waals surface area contributed by atoms with Crippen LogP contribution in [0.15, 0.2) is 41.3 Å². The maximum atomic E-state index is 12.5.